The predicted molar refractivity (Wildman–Crippen MR) is 83.7 cm³/mol. The lowest BCUT2D eigenvalue weighted by molar-refractivity contribution is 0.197. The van der Waals surface area contributed by atoms with Crippen molar-refractivity contribution < 1.29 is 9.84 Å². The Labute approximate surface area is 124 Å². The molecule has 19 heavy (non-hydrogen) atoms. The molecule has 0 saturated carbocycles. The standard InChI is InChI=1S/C15H24BrNO2/c1-11(2)10-17(7-8-19-4)15-6-5-13(16)9-14(15)12(3)18/h5-6,9,11-12,18H,7-8,10H2,1-4H3. The Morgan fingerprint density at radius 1 is 1.32 bits per heavy atom. The van der Waals surface area contributed by atoms with E-state index in [1.807, 2.05) is 12.1 Å². The highest BCUT2D eigenvalue weighted by molar-refractivity contribution is 9.10. The van der Waals surface area contributed by atoms with Crippen LogP contribution in [-0.4, -0.2) is 31.9 Å². The average Bonchev–Trinajstić information content (AvgIpc) is 2.34. The molecule has 1 aromatic rings. The van der Waals surface area contributed by atoms with Crippen LogP contribution in [0.15, 0.2) is 22.7 Å². The number of halogens is 1. The van der Waals surface area contributed by atoms with Crippen LogP contribution in [0, 0.1) is 5.92 Å². The van der Waals surface area contributed by atoms with Crippen molar-refractivity contribution in [1.82, 2.24) is 0 Å². The topological polar surface area (TPSA) is 32.7 Å². The second kappa shape index (κ2) is 7.88. The Hall–Kier alpha value is -0.580. The van der Waals surface area contributed by atoms with Crippen molar-refractivity contribution in [2.24, 2.45) is 5.92 Å². The van der Waals surface area contributed by atoms with Crippen LogP contribution in [-0.2, 0) is 4.74 Å². The van der Waals surface area contributed by atoms with Crippen LogP contribution in [0.3, 0.4) is 0 Å². The van der Waals surface area contributed by atoms with E-state index in [9.17, 15) is 5.11 Å². The highest BCUT2D eigenvalue weighted by Gasteiger charge is 2.15. The van der Waals surface area contributed by atoms with Gasteiger partial charge in [0.1, 0.15) is 0 Å². The molecular formula is C15H24BrNO2. The summed E-state index contributed by atoms with van der Waals surface area (Å²) in [5.74, 6) is 0.558. The van der Waals surface area contributed by atoms with Gasteiger partial charge in [0.2, 0.25) is 0 Å². The zero-order valence-corrected chi connectivity index (χ0v) is 13.8. The van der Waals surface area contributed by atoms with Gasteiger partial charge in [-0.3, -0.25) is 0 Å². The molecule has 0 aliphatic heterocycles. The Morgan fingerprint density at radius 2 is 2.00 bits per heavy atom. The molecule has 1 rings (SSSR count). The molecule has 0 spiro atoms. The van der Waals surface area contributed by atoms with Crippen LogP contribution >= 0.6 is 15.9 Å². The molecule has 0 fully saturated rings. The van der Waals surface area contributed by atoms with E-state index in [0.29, 0.717) is 12.5 Å². The fourth-order valence-electron chi connectivity index (χ4n) is 2.10. The summed E-state index contributed by atoms with van der Waals surface area (Å²) in [6.07, 6.45) is -0.482. The zero-order valence-electron chi connectivity index (χ0n) is 12.2. The number of nitrogens with zero attached hydrogens (tertiary/aromatic N) is 1. The number of anilines is 1. The van der Waals surface area contributed by atoms with E-state index in [2.05, 4.69) is 40.7 Å². The minimum Gasteiger partial charge on any atom is -0.389 e. The molecule has 3 nitrogen and oxygen atoms in total. The van der Waals surface area contributed by atoms with Crippen molar-refractivity contribution >= 4 is 21.6 Å². The highest BCUT2D eigenvalue weighted by Crippen LogP contribution is 2.30. The molecule has 1 aromatic carbocycles. The van der Waals surface area contributed by atoms with Gasteiger partial charge < -0.3 is 14.7 Å². The number of aliphatic hydroxyl groups is 1. The lowest BCUT2D eigenvalue weighted by Gasteiger charge is -2.29. The number of hydrogen-bond acceptors (Lipinski definition) is 3. The number of methoxy groups -OCH3 is 1. The molecule has 108 valence electrons. The molecule has 1 N–H and O–H groups in total. The molecule has 0 aliphatic rings. The number of hydrogen-bond donors (Lipinski definition) is 1. The Kier molecular flexibility index (Phi) is 6.83. The van der Waals surface area contributed by atoms with Crippen LogP contribution in [0.25, 0.3) is 0 Å². The summed E-state index contributed by atoms with van der Waals surface area (Å²) in [6.45, 7) is 8.65. The van der Waals surface area contributed by atoms with E-state index in [4.69, 9.17) is 4.74 Å². The SMILES string of the molecule is COCCN(CC(C)C)c1ccc(Br)cc1C(C)O. The summed E-state index contributed by atoms with van der Waals surface area (Å²) in [6, 6.07) is 6.06. The molecular weight excluding hydrogens is 306 g/mol. The quantitative estimate of drug-likeness (QED) is 0.829. The third kappa shape index (κ3) is 5.13. The minimum absolute atomic E-state index is 0.482. The van der Waals surface area contributed by atoms with Gasteiger partial charge in [0.15, 0.2) is 0 Å². The maximum Gasteiger partial charge on any atom is 0.0782 e. The molecule has 0 radical (unpaired) electrons. The molecule has 0 aromatic heterocycles. The Balaban J connectivity index is 3.05. The van der Waals surface area contributed by atoms with Crippen LogP contribution in [0.4, 0.5) is 5.69 Å². The van der Waals surface area contributed by atoms with E-state index in [-0.39, 0.29) is 0 Å². The maximum atomic E-state index is 9.96. The average molecular weight is 330 g/mol. The molecule has 4 heteroatoms. The van der Waals surface area contributed by atoms with Gasteiger partial charge in [-0.05, 0) is 31.0 Å². The summed E-state index contributed by atoms with van der Waals surface area (Å²) < 4.78 is 6.18. The van der Waals surface area contributed by atoms with Gasteiger partial charge in [0.25, 0.3) is 0 Å². The van der Waals surface area contributed by atoms with Gasteiger partial charge in [-0.15, -0.1) is 0 Å². The normalized spacial score (nSPS) is 12.8. The van der Waals surface area contributed by atoms with Crippen LogP contribution in [0.1, 0.15) is 32.4 Å². The largest absolute Gasteiger partial charge is 0.389 e. The highest BCUT2D eigenvalue weighted by atomic mass is 79.9. The zero-order chi connectivity index (χ0) is 14.4. The molecule has 1 atom stereocenters. The first-order chi connectivity index (χ1) is 8.95. The first-order valence-electron chi connectivity index (χ1n) is 6.67. The van der Waals surface area contributed by atoms with E-state index in [1.54, 1.807) is 14.0 Å². The molecule has 0 aliphatic carbocycles. The van der Waals surface area contributed by atoms with E-state index in [0.717, 1.165) is 28.8 Å². The van der Waals surface area contributed by atoms with Crippen LogP contribution in [0.5, 0.6) is 0 Å². The fraction of sp³-hybridized carbons (Fsp3) is 0.600. The van der Waals surface area contributed by atoms with Gasteiger partial charge in [0, 0.05) is 35.9 Å². The first-order valence-corrected chi connectivity index (χ1v) is 7.46. The third-order valence-electron chi connectivity index (χ3n) is 2.93. The van der Waals surface area contributed by atoms with Crippen molar-refractivity contribution in [1.29, 1.82) is 0 Å². The molecule has 0 heterocycles. The number of rotatable bonds is 7. The molecule has 0 bridgehead atoms. The predicted octanol–water partition coefficient (Wildman–Crippen LogP) is 3.61. The van der Waals surface area contributed by atoms with Crippen molar-refractivity contribution in [2.75, 3.05) is 31.7 Å². The monoisotopic (exact) mass is 329 g/mol. The second-order valence-electron chi connectivity index (χ2n) is 5.21. The lowest BCUT2D eigenvalue weighted by atomic mass is 10.1. The number of ether oxygens (including phenoxy) is 1. The van der Waals surface area contributed by atoms with Gasteiger partial charge >= 0.3 is 0 Å². The maximum absolute atomic E-state index is 9.96. The van der Waals surface area contributed by atoms with E-state index < -0.39 is 6.10 Å². The number of aliphatic hydroxyl groups excluding tert-OH is 1. The summed E-state index contributed by atoms with van der Waals surface area (Å²) in [7, 11) is 1.71. The van der Waals surface area contributed by atoms with Gasteiger partial charge in [-0.2, -0.15) is 0 Å². The van der Waals surface area contributed by atoms with E-state index in [1.165, 1.54) is 0 Å². The Morgan fingerprint density at radius 3 is 2.53 bits per heavy atom. The van der Waals surface area contributed by atoms with Crippen molar-refractivity contribution in [3.8, 4) is 0 Å². The van der Waals surface area contributed by atoms with Crippen molar-refractivity contribution in [3.05, 3.63) is 28.2 Å². The third-order valence-corrected chi connectivity index (χ3v) is 3.42. The van der Waals surface area contributed by atoms with Crippen LogP contribution < -0.4 is 4.90 Å². The van der Waals surface area contributed by atoms with Gasteiger partial charge in [0.05, 0.1) is 12.7 Å². The van der Waals surface area contributed by atoms with Gasteiger partial charge in [-0.25, -0.2) is 0 Å². The lowest BCUT2D eigenvalue weighted by Crippen LogP contribution is -2.32. The van der Waals surface area contributed by atoms with Crippen molar-refractivity contribution in [2.45, 2.75) is 26.9 Å². The minimum atomic E-state index is -0.482. The molecule has 0 saturated heterocycles. The summed E-state index contributed by atoms with van der Waals surface area (Å²) in [5.41, 5.74) is 2.04. The van der Waals surface area contributed by atoms with Gasteiger partial charge in [-0.1, -0.05) is 29.8 Å². The Bertz CT molecular complexity index is 394. The smallest absolute Gasteiger partial charge is 0.0782 e. The van der Waals surface area contributed by atoms with E-state index >= 15 is 0 Å². The second-order valence-corrected chi connectivity index (χ2v) is 6.13. The first kappa shape index (κ1) is 16.5. The molecule has 1 unspecified atom stereocenters. The summed E-state index contributed by atoms with van der Waals surface area (Å²) in [4.78, 5) is 2.28. The van der Waals surface area contributed by atoms with Crippen molar-refractivity contribution in [3.63, 3.8) is 0 Å². The summed E-state index contributed by atoms with van der Waals surface area (Å²) in [5, 5.41) is 9.96. The van der Waals surface area contributed by atoms with Crippen LogP contribution in [0.2, 0.25) is 0 Å². The fourth-order valence-corrected chi connectivity index (χ4v) is 2.48. The number of benzene rings is 1. The molecule has 0 amide bonds. The summed E-state index contributed by atoms with van der Waals surface area (Å²) >= 11 is 3.46.